The van der Waals surface area contributed by atoms with Gasteiger partial charge in [-0.3, -0.25) is 0 Å². The fourth-order valence-electron chi connectivity index (χ4n) is 1.53. The zero-order valence-corrected chi connectivity index (χ0v) is 11.4. The number of pyridine rings is 1. The number of nitriles is 1. The predicted octanol–water partition coefficient (Wildman–Crippen LogP) is -0.437. The normalized spacial score (nSPS) is 9.72. The molecule has 0 saturated heterocycles. The highest BCUT2D eigenvalue weighted by Crippen LogP contribution is 2.00. The molecular formula is C15H13BrN2. The van der Waals surface area contributed by atoms with Gasteiger partial charge in [0, 0.05) is 12.1 Å². The van der Waals surface area contributed by atoms with Gasteiger partial charge in [0.2, 0.25) is 0 Å². The Labute approximate surface area is 118 Å². The van der Waals surface area contributed by atoms with Crippen LogP contribution in [0, 0.1) is 11.3 Å². The monoisotopic (exact) mass is 300 g/mol. The number of allylic oxidation sites excluding steroid dienone is 1. The van der Waals surface area contributed by atoms with Gasteiger partial charge in [-0.05, 0) is 11.6 Å². The minimum Gasteiger partial charge on any atom is -1.00 e. The highest BCUT2D eigenvalue weighted by atomic mass is 79.9. The highest BCUT2D eigenvalue weighted by molar-refractivity contribution is 5.48. The average Bonchev–Trinajstić information content (AvgIpc) is 2.41. The van der Waals surface area contributed by atoms with Gasteiger partial charge in [-0.25, -0.2) is 4.57 Å². The lowest BCUT2D eigenvalue weighted by molar-refractivity contribution is -0.686. The third-order valence-electron chi connectivity index (χ3n) is 2.45. The molecule has 0 fully saturated rings. The fraction of sp³-hybridized carbons (Fsp3) is 0.0667. The SMILES string of the molecule is N#Cc1cc[n+](CC=Cc2ccccc2)cc1.[Br-]. The molecule has 0 saturated carbocycles. The summed E-state index contributed by atoms with van der Waals surface area (Å²) < 4.78 is 2.03. The van der Waals surface area contributed by atoms with E-state index in [-0.39, 0.29) is 17.0 Å². The van der Waals surface area contributed by atoms with E-state index in [2.05, 4.69) is 30.4 Å². The first-order valence-electron chi connectivity index (χ1n) is 5.49. The number of hydrogen-bond donors (Lipinski definition) is 0. The molecule has 0 N–H and O–H groups in total. The largest absolute Gasteiger partial charge is 1.00 e. The first kappa shape index (κ1) is 14.1. The molecule has 18 heavy (non-hydrogen) atoms. The summed E-state index contributed by atoms with van der Waals surface area (Å²) in [4.78, 5) is 0. The molecule has 1 aromatic carbocycles. The zero-order valence-electron chi connectivity index (χ0n) is 9.83. The maximum absolute atomic E-state index is 8.68. The molecule has 2 nitrogen and oxygen atoms in total. The van der Waals surface area contributed by atoms with Gasteiger partial charge in [0.1, 0.15) is 0 Å². The summed E-state index contributed by atoms with van der Waals surface area (Å²) in [6.45, 7) is 0.806. The Kier molecular flexibility index (Phi) is 5.83. The van der Waals surface area contributed by atoms with Crippen LogP contribution in [0.1, 0.15) is 11.1 Å². The molecule has 1 aromatic heterocycles. The molecule has 2 aromatic rings. The molecule has 3 heteroatoms. The lowest BCUT2D eigenvalue weighted by Gasteiger charge is -1.92. The van der Waals surface area contributed by atoms with E-state index in [9.17, 15) is 0 Å². The second-order valence-electron chi connectivity index (χ2n) is 3.71. The summed E-state index contributed by atoms with van der Waals surface area (Å²) in [6.07, 6.45) is 8.01. The molecule has 0 spiro atoms. The van der Waals surface area contributed by atoms with Gasteiger partial charge in [0.15, 0.2) is 18.9 Å². The smallest absolute Gasteiger partial charge is 0.170 e. The minimum absolute atomic E-state index is 0. The number of rotatable bonds is 3. The fourth-order valence-corrected chi connectivity index (χ4v) is 1.53. The Morgan fingerprint density at radius 3 is 2.33 bits per heavy atom. The van der Waals surface area contributed by atoms with Crippen LogP contribution >= 0.6 is 0 Å². The van der Waals surface area contributed by atoms with E-state index in [0.29, 0.717) is 5.56 Å². The highest BCUT2D eigenvalue weighted by Gasteiger charge is 1.96. The minimum atomic E-state index is 0. The molecule has 90 valence electrons. The summed E-state index contributed by atoms with van der Waals surface area (Å²) in [5.74, 6) is 0. The number of benzene rings is 1. The Morgan fingerprint density at radius 2 is 1.72 bits per heavy atom. The van der Waals surface area contributed by atoms with Gasteiger partial charge in [-0.1, -0.05) is 36.4 Å². The first-order chi connectivity index (χ1) is 8.38. The molecule has 0 aliphatic heterocycles. The van der Waals surface area contributed by atoms with Crippen molar-refractivity contribution in [3.8, 4) is 6.07 Å². The van der Waals surface area contributed by atoms with Crippen molar-refractivity contribution >= 4 is 6.08 Å². The summed E-state index contributed by atoms with van der Waals surface area (Å²) >= 11 is 0. The van der Waals surface area contributed by atoms with Gasteiger partial charge in [-0.2, -0.15) is 5.26 Å². The van der Waals surface area contributed by atoms with Crippen molar-refractivity contribution in [2.45, 2.75) is 6.54 Å². The Balaban J connectivity index is 0.00000162. The van der Waals surface area contributed by atoms with Gasteiger partial charge >= 0.3 is 0 Å². The van der Waals surface area contributed by atoms with E-state index < -0.39 is 0 Å². The van der Waals surface area contributed by atoms with Gasteiger partial charge in [0.05, 0.1) is 11.6 Å². The van der Waals surface area contributed by atoms with E-state index in [1.807, 2.05) is 47.3 Å². The zero-order chi connectivity index (χ0) is 11.9. The second kappa shape index (κ2) is 7.41. The maximum Gasteiger partial charge on any atom is 0.170 e. The van der Waals surface area contributed by atoms with Crippen molar-refractivity contribution in [2.75, 3.05) is 0 Å². The summed E-state index contributed by atoms with van der Waals surface area (Å²) in [6, 6.07) is 15.9. The Morgan fingerprint density at radius 1 is 1.06 bits per heavy atom. The number of halogens is 1. The predicted molar refractivity (Wildman–Crippen MR) is 66.8 cm³/mol. The Hall–Kier alpha value is -1.92. The van der Waals surface area contributed by atoms with Crippen LogP contribution in [0.2, 0.25) is 0 Å². The van der Waals surface area contributed by atoms with E-state index in [1.54, 1.807) is 0 Å². The van der Waals surface area contributed by atoms with Gasteiger partial charge in [0.25, 0.3) is 0 Å². The molecule has 2 rings (SSSR count). The van der Waals surface area contributed by atoms with Crippen molar-refractivity contribution in [2.24, 2.45) is 0 Å². The molecule has 0 unspecified atom stereocenters. The average molecular weight is 301 g/mol. The maximum atomic E-state index is 8.68. The topological polar surface area (TPSA) is 27.7 Å². The molecule has 0 atom stereocenters. The quantitative estimate of drug-likeness (QED) is 0.707. The van der Waals surface area contributed by atoms with Gasteiger partial charge < -0.3 is 17.0 Å². The number of nitrogens with zero attached hydrogens (tertiary/aromatic N) is 2. The van der Waals surface area contributed by atoms with Crippen molar-refractivity contribution in [1.82, 2.24) is 0 Å². The van der Waals surface area contributed by atoms with Crippen molar-refractivity contribution in [1.29, 1.82) is 5.26 Å². The Bertz CT molecular complexity index is 539. The molecule has 0 aliphatic rings. The number of hydrogen-bond acceptors (Lipinski definition) is 1. The summed E-state index contributed by atoms with van der Waals surface area (Å²) in [5, 5.41) is 8.68. The third-order valence-corrected chi connectivity index (χ3v) is 2.45. The standard InChI is InChI=1S/C15H13N2.BrH/c16-13-15-8-11-17(12-9-15)10-4-7-14-5-2-1-3-6-14;/h1-9,11-12H,10H2;1H/q+1;/p-1. The van der Waals surface area contributed by atoms with Crippen LogP contribution in [0.5, 0.6) is 0 Å². The van der Waals surface area contributed by atoms with Crippen LogP contribution in [-0.4, -0.2) is 0 Å². The van der Waals surface area contributed by atoms with Crippen LogP contribution in [-0.2, 0) is 6.54 Å². The molecule has 0 radical (unpaired) electrons. The van der Waals surface area contributed by atoms with Gasteiger partial charge in [-0.15, -0.1) is 0 Å². The van der Waals surface area contributed by atoms with E-state index in [1.165, 1.54) is 5.56 Å². The lowest BCUT2D eigenvalue weighted by Crippen LogP contribution is -3.00. The van der Waals surface area contributed by atoms with Crippen molar-refractivity contribution in [3.63, 3.8) is 0 Å². The van der Waals surface area contributed by atoms with E-state index >= 15 is 0 Å². The first-order valence-corrected chi connectivity index (χ1v) is 5.49. The molecule has 0 aliphatic carbocycles. The lowest BCUT2D eigenvalue weighted by atomic mass is 10.2. The van der Waals surface area contributed by atoms with Crippen LogP contribution in [0.3, 0.4) is 0 Å². The van der Waals surface area contributed by atoms with Crippen LogP contribution in [0.25, 0.3) is 6.08 Å². The third kappa shape index (κ3) is 4.15. The molecular weight excluding hydrogens is 288 g/mol. The van der Waals surface area contributed by atoms with Crippen molar-refractivity contribution in [3.05, 3.63) is 72.1 Å². The van der Waals surface area contributed by atoms with Crippen molar-refractivity contribution < 1.29 is 21.5 Å². The van der Waals surface area contributed by atoms with E-state index in [0.717, 1.165) is 6.54 Å². The summed E-state index contributed by atoms with van der Waals surface area (Å²) in [7, 11) is 0. The van der Waals surface area contributed by atoms with Crippen LogP contribution in [0.15, 0.2) is 60.9 Å². The van der Waals surface area contributed by atoms with Crippen LogP contribution < -0.4 is 21.5 Å². The van der Waals surface area contributed by atoms with Crippen LogP contribution in [0.4, 0.5) is 0 Å². The molecule has 1 heterocycles. The molecule has 0 amide bonds. The van der Waals surface area contributed by atoms with E-state index in [4.69, 9.17) is 5.26 Å². The molecule has 0 bridgehead atoms. The summed E-state index contributed by atoms with van der Waals surface area (Å²) in [5.41, 5.74) is 1.88. The second-order valence-corrected chi connectivity index (χ2v) is 3.71. The number of aromatic nitrogens is 1.